The zero-order valence-corrected chi connectivity index (χ0v) is 11.5. The number of anilines is 1. The van der Waals surface area contributed by atoms with Crippen molar-refractivity contribution in [1.82, 2.24) is 5.32 Å². The second-order valence-corrected chi connectivity index (χ2v) is 4.62. The van der Waals surface area contributed by atoms with E-state index in [0.29, 0.717) is 6.42 Å². The number of amides is 2. The number of aryl methyl sites for hydroxylation is 1. The first-order valence-corrected chi connectivity index (χ1v) is 6.31. The maximum Gasteiger partial charge on any atom is 0.319 e. The molecule has 1 rings (SSSR count). The third-order valence-corrected chi connectivity index (χ3v) is 3.54. The smallest absolute Gasteiger partial charge is 0.319 e. The molecular weight excluding hydrogens is 284 g/mol. The minimum atomic E-state index is -0.308. The molecule has 17 heavy (non-hydrogen) atoms. The molecule has 0 aliphatic rings. The SMILES string of the molecule is CC[C@@H](CO)NC(=O)Nc1cccc(C)c1Br. The lowest BCUT2D eigenvalue weighted by Gasteiger charge is -2.15. The topological polar surface area (TPSA) is 61.4 Å². The van der Waals surface area contributed by atoms with Gasteiger partial charge in [-0.1, -0.05) is 19.1 Å². The monoisotopic (exact) mass is 300 g/mol. The van der Waals surface area contributed by atoms with Crippen LogP contribution in [0, 0.1) is 6.92 Å². The van der Waals surface area contributed by atoms with E-state index in [2.05, 4.69) is 26.6 Å². The molecule has 1 aromatic rings. The quantitative estimate of drug-likeness (QED) is 0.800. The summed E-state index contributed by atoms with van der Waals surface area (Å²) in [7, 11) is 0. The van der Waals surface area contributed by atoms with Gasteiger partial charge in [0.2, 0.25) is 0 Å². The van der Waals surface area contributed by atoms with Crippen LogP contribution in [-0.4, -0.2) is 23.8 Å². The molecule has 0 unspecified atom stereocenters. The van der Waals surface area contributed by atoms with Crippen molar-refractivity contribution >= 4 is 27.6 Å². The van der Waals surface area contributed by atoms with Crippen LogP contribution < -0.4 is 10.6 Å². The van der Waals surface area contributed by atoms with Gasteiger partial charge in [0.25, 0.3) is 0 Å². The predicted molar refractivity (Wildman–Crippen MR) is 72.2 cm³/mol. The van der Waals surface area contributed by atoms with Crippen molar-refractivity contribution in [3.05, 3.63) is 28.2 Å². The van der Waals surface area contributed by atoms with Crippen LogP contribution in [-0.2, 0) is 0 Å². The number of carbonyl (C=O) groups is 1. The molecule has 0 saturated heterocycles. The number of nitrogens with one attached hydrogen (secondary N) is 2. The first kappa shape index (κ1) is 14.0. The Bertz CT molecular complexity index is 392. The highest BCUT2D eigenvalue weighted by Crippen LogP contribution is 2.25. The lowest BCUT2D eigenvalue weighted by Crippen LogP contribution is -2.39. The van der Waals surface area contributed by atoms with Gasteiger partial charge in [-0.25, -0.2) is 4.79 Å². The van der Waals surface area contributed by atoms with Crippen molar-refractivity contribution in [2.24, 2.45) is 0 Å². The zero-order chi connectivity index (χ0) is 12.8. The number of urea groups is 1. The predicted octanol–water partition coefficient (Wildman–Crippen LogP) is 2.65. The van der Waals surface area contributed by atoms with Crippen LogP contribution in [0.2, 0.25) is 0 Å². The molecule has 0 aliphatic heterocycles. The molecule has 0 fully saturated rings. The van der Waals surface area contributed by atoms with Crippen molar-refractivity contribution in [2.45, 2.75) is 26.3 Å². The molecule has 3 N–H and O–H groups in total. The van der Waals surface area contributed by atoms with Gasteiger partial charge < -0.3 is 15.7 Å². The van der Waals surface area contributed by atoms with Crippen molar-refractivity contribution in [1.29, 1.82) is 0 Å². The van der Waals surface area contributed by atoms with Crippen molar-refractivity contribution in [3.8, 4) is 0 Å². The Morgan fingerprint density at radius 1 is 1.53 bits per heavy atom. The first-order valence-electron chi connectivity index (χ1n) is 5.52. The second-order valence-electron chi connectivity index (χ2n) is 3.82. The van der Waals surface area contributed by atoms with Crippen LogP contribution in [0.3, 0.4) is 0 Å². The van der Waals surface area contributed by atoms with Gasteiger partial charge >= 0.3 is 6.03 Å². The van der Waals surface area contributed by atoms with Gasteiger partial charge in [-0.15, -0.1) is 0 Å². The molecule has 0 aromatic heterocycles. The van der Waals surface area contributed by atoms with E-state index < -0.39 is 0 Å². The maximum atomic E-state index is 11.7. The van der Waals surface area contributed by atoms with Crippen LogP contribution in [0.4, 0.5) is 10.5 Å². The van der Waals surface area contributed by atoms with Gasteiger partial charge in [-0.05, 0) is 40.9 Å². The lowest BCUT2D eigenvalue weighted by atomic mass is 10.2. The molecule has 0 spiro atoms. The highest BCUT2D eigenvalue weighted by atomic mass is 79.9. The fourth-order valence-corrected chi connectivity index (χ4v) is 1.73. The summed E-state index contributed by atoms with van der Waals surface area (Å²) in [4.78, 5) is 11.7. The van der Waals surface area contributed by atoms with Crippen molar-refractivity contribution in [2.75, 3.05) is 11.9 Å². The molecular formula is C12H17BrN2O2. The third kappa shape index (κ3) is 4.02. The Balaban J connectivity index is 2.65. The minimum absolute atomic E-state index is 0.0566. The molecule has 1 aromatic carbocycles. The molecule has 0 heterocycles. The van der Waals surface area contributed by atoms with Crippen molar-refractivity contribution in [3.63, 3.8) is 0 Å². The summed E-state index contributed by atoms with van der Waals surface area (Å²) in [5.74, 6) is 0. The molecule has 4 nitrogen and oxygen atoms in total. The van der Waals surface area contributed by atoms with E-state index in [0.717, 1.165) is 15.7 Å². The standard InChI is InChI=1S/C12H17BrN2O2/c1-3-9(7-16)14-12(17)15-10-6-4-5-8(2)11(10)13/h4-6,9,16H,3,7H2,1-2H3,(H2,14,15,17)/t9-/m0/s1. The number of benzene rings is 1. The Morgan fingerprint density at radius 3 is 2.82 bits per heavy atom. The van der Waals surface area contributed by atoms with E-state index in [9.17, 15) is 4.79 Å². The van der Waals surface area contributed by atoms with E-state index >= 15 is 0 Å². The van der Waals surface area contributed by atoms with Gasteiger partial charge in [0.15, 0.2) is 0 Å². The summed E-state index contributed by atoms with van der Waals surface area (Å²) in [5, 5.41) is 14.4. The Morgan fingerprint density at radius 2 is 2.24 bits per heavy atom. The summed E-state index contributed by atoms with van der Waals surface area (Å²) < 4.78 is 0.868. The molecule has 2 amide bonds. The molecule has 0 saturated carbocycles. The van der Waals surface area contributed by atoms with E-state index in [-0.39, 0.29) is 18.7 Å². The Hall–Kier alpha value is -1.07. The molecule has 1 atom stereocenters. The van der Waals surface area contributed by atoms with Crippen molar-refractivity contribution < 1.29 is 9.90 Å². The van der Waals surface area contributed by atoms with Gasteiger partial charge in [-0.3, -0.25) is 0 Å². The van der Waals surface area contributed by atoms with E-state index in [1.54, 1.807) is 0 Å². The highest BCUT2D eigenvalue weighted by Gasteiger charge is 2.10. The fourth-order valence-electron chi connectivity index (χ4n) is 1.36. The molecule has 0 radical (unpaired) electrons. The number of aliphatic hydroxyl groups excluding tert-OH is 1. The van der Waals surface area contributed by atoms with Gasteiger partial charge in [0.1, 0.15) is 0 Å². The van der Waals surface area contributed by atoms with Gasteiger partial charge in [0.05, 0.1) is 18.3 Å². The van der Waals surface area contributed by atoms with E-state index in [1.807, 2.05) is 32.0 Å². The Kier molecular flexibility index (Phi) is 5.44. The Labute approximate surface area is 110 Å². The number of hydrogen-bond donors (Lipinski definition) is 3. The number of carbonyl (C=O) groups excluding carboxylic acids is 1. The summed E-state index contributed by atoms with van der Waals surface area (Å²) in [6.07, 6.45) is 0.693. The number of halogens is 1. The summed E-state index contributed by atoms with van der Waals surface area (Å²) in [6.45, 7) is 3.80. The molecule has 0 bridgehead atoms. The fraction of sp³-hybridized carbons (Fsp3) is 0.417. The highest BCUT2D eigenvalue weighted by molar-refractivity contribution is 9.10. The van der Waals surface area contributed by atoms with Gasteiger partial charge in [-0.2, -0.15) is 0 Å². The molecule has 0 aliphatic carbocycles. The van der Waals surface area contributed by atoms with E-state index in [1.165, 1.54) is 0 Å². The molecule has 5 heteroatoms. The number of hydrogen-bond acceptors (Lipinski definition) is 2. The number of aliphatic hydroxyl groups is 1. The largest absolute Gasteiger partial charge is 0.394 e. The van der Waals surface area contributed by atoms with Crippen LogP contribution in [0.15, 0.2) is 22.7 Å². The molecule has 94 valence electrons. The minimum Gasteiger partial charge on any atom is -0.394 e. The van der Waals surface area contributed by atoms with Crippen LogP contribution in [0.1, 0.15) is 18.9 Å². The lowest BCUT2D eigenvalue weighted by molar-refractivity contribution is 0.222. The van der Waals surface area contributed by atoms with E-state index in [4.69, 9.17) is 5.11 Å². The average Bonchev–Trinajstić information content (AvgIpc) is 2.32. The van der Waals surface area contributed by atoms with Gasteiger partial charge in [0, 0.05) is 4.47 Å². The average molecular weight is 301 g/mol. The number of rotatable bonds is 4. The first-order chi connectivity index (χ1) is 8.08. The zero-order valence-electron chi connectivity index (χ0n) is 9.96. The van der Waals surface area contributed by atoms with Crippen LogP contribution in [0.25, 0.3) is 0 Å². The maximum absolute atomic E-state index is 11.7. The third-order valence-electron chi connectivity index (χ3n) is 2.49. The van der Waals surface area contributed by atoms with Crippen LogP contribution in [0.5, 0.6) is 0 Å². The normalized spacial score (nSPS) is 12.0. The summed E-state index contributed by atoms with van der Waals surface area (Å²) >= 11 is 3.42. The second kappa shape index (κ2) is 6.61. The van der Waals surface area contributed by atoms with Crippen LogP contribution >= 0.6 is 15.9 Å². The summed E-state index contributed by atoms with van der Waals surface area (Å²) in [5.41, 5.74) is 1.77. The summed E-state index contributed by atoms with van der Waals surface area (Å²) in [6, 6.07) is 5.13.